The van der Waals surface area contributed by atoms with Gasteiger partial charge in [-0.05, 0) is 17.7 Å². The van der Waals surface area contributed by atoms with E-state index in [1.54, 1.807) is 6.07 Å². The van der Waals surface area contributed by atoms with Gasteiger partial charge in [0.1, 0.15) is 5.82 Å². The van der Waals surface area contributed by atoms with E-state index in [-0.39, 0.29) is 13.2 Å². The van der Waals surface area contributed by atoms with Crippen LogP contribution in [-0.2, 0) is 9.84 Å². The molecule has 0 spiro atoms. The molecule has 3 N–H and O–H groups in total. The number of rotatable bonds is 4. The van der Waals surface area contributed by atoms with Crippen LogP contribution in [0.1, 0.15) is 11.5 Å². The minimum absolute atomic E-state index is 0.0580. The van der Waals surface area contributed by atoms with E-state index in [0.717, 1.165) is 6.26 Å². The summed E-state index contributed by atoms with van der Waals surface area (Å²) in [6.45, 7) is -0.259. The Morgan fingerprint density at radius 1 is 1.50 bits per heavy atom. The standard InChI is InChI=1S/C12H16FNO3S/c1-18(16,17)11-10(12(11,6-14)7-15)8-3-2-4-9(13)5-8/h2-5,10-11,15H,6-7,14H2,1H3. The molecule has 0 bridgehead atoms. The van der Waals surface area contributed by atoms with Gasteiger partial charge >= 0.3 is 0 Å². The Balaban J connectivity index is 2.45. The second-order valence-corrected chi connectivity index (χ2v) is 7.05. The molecule has 100 valence electrons. The van der Waals surface area contributed by atoms with Crippen molar-refractivity contribution in [2.24, 2.45) is 11.1 Å². The number of sulfone groups is 1. The van der Waals surface area contributed by atoms with Gasteiger partial charge in [-0.2, -0.15) is 0 Å². The average Bonchev–Trinajstić information content (AvgIpc) is 2.98. The van der Waals surface area contributed by atoms with Crippen LogP contribution in [0, 0.1) is 11.2 Å². The van der Waals surface area contributed by atoms with Gasteiger partial charge < -0.3 is 10.8 Å². The summed E-state index contributed by atoms with van der Waals surface area (Å²) in [5.41, 5.74) is 5.31. The number of benzene rings is 1. The molecule has 0 saturated heterocycles. The third-order valence-corrected chi connectivity index (χ3v) is 5.39. The predicted molar refractivity (Wildman–Crippen MR) is 66.3 cm³/mol. The van der Waals surface area contributed by atoms with Gasteiger partial charge in [-0.1, -0.05) is 12.1 Å². The van der Waals surface area contributed by atoms with Crippen molar-refractivity contribution in [2.75, 3.05) is 19.4 Å². The first kappa shape index (κ1) is 13.5. The van der Waals surface area contributed by atoms with Crippen LogP contribution in [0.4, 0.5) is 4.39 Å². The molecule has 1 aliphatic rings. The van der Waals surface area contributed by atoms with Crippen molar-refractivity contribution in [3.05, 3.63) is 35.6 Å². The van der Waals surface area contributed by atoms with Gasteiger partial charge in [0, 0.05) is 24.1 Å². The van der Waals surface area contributed by atoms with E-state index < -0.39 is 32.2 Å². The van der Waals surface area contributed by atoms with E-state index in [1.165, 1.54) is 18.2 Å². The van der Waals surface area contributed by atoms with Crippen LogP contribution in [0.15, 0.2) is 24.3 Å². The monoisotopic (exact) mass is 273 g/mol. The summed E-state index contributed by atoms with van der Waals surface area (Å²) in [5, 5.41) is 8.72. The van der Waals surface area contributed by atoms with Crippen molar-refractivity contribution in [3.8, 4) is 0 Å². The molecule has 1 fully saturated rings. The zero-order chi connectivity index (χ0) is 13.6. The van der Waals surface area contributed by atoms with Crippen LogP contribution in [0.3, 0.4) is 0 Å². The third kappa shape index (κ3) is 1.94. The molecule has 0 aliphatic heterocycles. The van der Waals surface area contributed by atoms with E-state index in [0.29, 0.717) is 5.56 Å². The normalized spacial score (nSPS) is 31.3. The molecule has 6 heteroatoms. The van der Waals surface area contributed by atoms with Crippen LogP contribution in [0.2, 0.25) is 0 Å². The predicted octanol–water partition coefficient (Wildman–Crippen LogP) is 0.274. The number of nitrogens with two attached hydrogens (primary N) is 1. The van der Waals surface area contributed by atoms with Gasteiger partial charge in [0.05, 0.1) is 11.9 Å². The largest absolute Gasteiger partial charge is 0.396 e. The van der Waals surface area contributed by atoms with Crippen molar-refractivity contribution >= 4 is 9.84 Å². The molecule has 0 radical (unpaired) electrons. The van der Waals surface area contributed by atoms with Crippen LogP contribution in [0.25, 0.3) is 0 Å². The van der Waals surface area contributed by atoms with E-state index in [9.17, 15) is 17.9 Å². The molecule has 1 saturated carbocycles. The molecule has 1 aromatic carbocycles. The molecule has 1 aromatic rings. The summed E-state index contributed by atoms with van der Waals surface area (Å²) in [7, 11) is -3.33. The maximum Gasteiger partial charge on any atom is 0.151 e. The van der Waals surface area contributed by atoms with Crippen molar-refractivity contribution < 1.29 is 17.9 Å². The van der Waals surface area contributed by atoms with Gasteiger partial charge in [-0.3, -0.25) is 0 Å². The first-order valence-corrected chi connectivity index (χ1v) is 7.57. The second kappa shape index (κ2) is 4.29. The Hall–Kier alpha value is -0.980. The Kier molecular flexibility index (Phi) is 3.21. The first-order valence-electron chi connectivity index (χ1n) is 5.62. The SMILES string of the molecule is CS(=O)(=O)C1C(c2cccc(F)c2)C1(CN)CO. The summed E-state index contributed by atoms with van der Waals surface area (Å²) < 4.78 is 36.7. The molecule has 3 unspecified atom stereocenters. The molecule has 0 aromatic heterocycles. The highest BCUT2D eigenvalue weighted by Crippen LogP contribution is 2.61. The number of aliphatic hydroxyl groups excluding tert-OH is 1. The molecular weight excluding hydrogens is 257 g/mol. The highest BCUT2D eigenvalue weighted by molar-refractivity contribution is 7.91. The van der Waals surface area contributed by atoms with Crippen molar-refractivity contribution in [2.45, 2.75) is 11.2 Å². The van der Waals surface area contributed by atoms with Crippen molar-refractivity contribution in [1.82, 2.24) is 0 Å². The van der Waals surface area contributed by atoms with E-state index in [1.807, 2.05) is 0 Å². The summed E-state index contributed by atoms with van der Waals surface area (Å²) >= 11 is 0. The molecule has 3 atom stereocenters. The Morgan fingerprint density at radius 3 is 2.56 bits per heavy atom. The fourth-order valence-corrected chi connectivity index (χ4v) is 4.84. The molecule has 0 heterocycles. The lowest BCUT2D eigenvalue weighted by atomic mass is 10.00. The molecule has 2 rings (SSSR count). The van der Waals surface area contributed by atoms with Gasteiger partial charge in [0.2, 0.25) is 0 Å². The lowest BCUT2D eigenvalue weighted by Crippen LogP contribution is -2.27. The minimum atomic E-state index is -3.33. The van der Waals surface area contributed by atoms with E-state index in [4.69, 9.17) is 5.73 Å². The molecule has 0 amide bonds. The van der Waals surface area contributed by atoms with Crippen LogP contribution < -0.4 is 5.73 Å². The molecular formula is C12H16FNO3S. The van der Waals surface area contributed by atoms with E-state index >= 15 is 0 Å². The number of hydrogen-bond donors (Lipinski definition) is 2. The van der Waals surface area contributed by atoms with Crippen molar-refractivity contribution in [3.63, 3.8) is 0 Å². The van der Waals surface area contributed by atoms with Crippen molar-refractivity contribution in [1.29, 1.82) is 0 Å². The Labute approximate surface area is 106 Å². The van der Waals surface area contributed by atoms with Crippen LogP contribution >= 0.6 is 0 Å². The van der Waals surface area contributed by atoms with Crippen LogP contribution in [-0.4, -0.2) is 38.2 Å². The van der Waals surface area contributed by atoms with Gasteiger partial charge in [-0.15, -0.1) is 0 Å². The number of aliphatic hydroxyl groups is 1. The maximum atomic E-state index is 13.2. The highest BCUT2D eigenvalue weighted by atomic mass is 32.2. The first-order chi connectivity index (χ1) is 8.36. The quantitative estimate of drug-likeness (QED) is 0.825. The average molecular weight is 273 g/mol. The third-order valence-electron chi connectivity index (χ3n) is 3.72. The maximum absolute atomic E-state index is 13.2. The van der Waals surface area contributed by atoms with Gasteiger partial charge in [-0.25, -0.2) is 12.8 Å². The van der Waals surface area contributed by atoms with Crippen LogP contribution in [0.5, 0.6) is 0 Å². The smallest absolute Gasteiger partial charge is 0.151 e. The molecule has 1 aliphatic carbocycles. The summed E-state index contributed by atoms with van der Waals surface area (Å²) in [4.78, 5) is 0. The Morgan fingerprint density at radius 2 is 2.17 bits per heavy atom. The van der Waals surface area contributed by atoms with E-state index in [2.05, 4.69) is 0 Å². The fraction of sp³-hybridized carbons (Fsp3) is 0.500. The zero-order valence-electron chi connectivity index (χ0n) is 10.0. The highest BCUT2D eigenvalue weighted by Gasteiger charge is 2.68. The Bertz CT molecular complexity index is 554. The lowest BCUT2D eigenvalue weighted by Gasteiger charge is -2.11. The topological polar surface area (TPSA) is 80.4 Å². The number of hydrogen-bond acceptors (Lipinski definition) is 4. The molecule has 18 heavy (non-hydrogen) atoms. The second-order valence-electron chi connectivity index (χ2n) is 4.88. The lowest BCUT2D eigenvalue weighted by molar-refractivity contribution is 0.212. The fourth-order valence-electron chi connectivity index (χ4n) is 2.83. The van der Waals surface area contributed by atoms with Gasteiger partial charge in [0.15, 0.2) is 9.84 Å². The molecule has 4 nitrogen and oxygen atoms in total. The zero-order valence-corrected chi connectivity index (χ0v) is 10.8. The number of halogens is 1. The summed E-state index contributed by atoms with van der Waals surface area (Å²) in [5.74, 6) is -0.853. The minimum Gasteiger partial charge on any atom is -0.396 e. The van der Waals surface area contributed by atoms with Gasteiger partial charge in [0.25, 0.3) is 0 Å². The summed E-state index contributed by atoms with van der Waals surface area (Å²) in [6, 6.07) is 5.79. The summed E-state index contributed by atoms with van der Waals surface area (Å²) in [6.07, 6.45) is 1.12.